The monoisotopic (exact) mass is 1880 g/mol. The number of nitrogens with zero attached hydrogens (tertiary/aromatic N) is 13. The van der Waals surface area contributed by atoms with Crippen LogP contribution in [0.5, 0.6) is 0 Å². The summed E-state index contributed by atoms with van der Waals surface area (Å²) in [4.78, 5) is 125. The van der Waals surface area contributed by atoms with Crippen LogP contribution in [0.15, 0.2) is 287 Å². The summed E-state index contributed by atoms with van der Waals surface area (Å²) in [6.07, 6.45) is 21.4. The van der Waals surface area contributed by atoms with Gasteiger partial charge in [-0.2, -0.15) is 0 Å². The molecule has 16 rings (SSSR count). The number of carbonyl (C=O) groups excluding carboxylic acids is 8. The first kappa shape index (κ1) is 92.6. The molecule has 0 saturated carbocycles. The molecule has 1 aliphatic heterocycles. The van der Waals surface area contributed by atoms with E-state index in [-0.39, 0.29) is 45.9 Å². The highest BCUT2D eigenvalue weighted by Gasteiger charge is 2.23. The predicted octanol–water partition coefficient (Wildman–Crippen LogP) is 20.1. The summed E-state index contributed by atoms with van der Waals surface area (Å²) in [6.45, 7) is 4.92. The quantitative estimate of drug-likeness (QED) is 0.0278. The van der Waals surface area contributed by atoms with Crippen molar-refractivity contribution in [1.29, 1.82) is 0 Å². The lowest BCUT2D eigenvalue weighted by atomic mass is 10.1. The summed E-state index contributed by atoms with van der Waals surface area (Å²) in [5.74, 6) is -1.92. The fourth-order valence-corrected chi connectivity index (χ4v) is 13.7. The average Bonchev–Trinajstić information content (AvgIpc) is 1.65. The number of imidazole rings is 1. The third kappa shape index (κ3) is 27.7. The Morgan fingerprint density at radius 1 is 0.279 bits per heavy atom. The number of anilines is 8. The lowest BCUT2D eigenvalue weighted by Crippen LogP contribution is -2.29. The number of benzene rings is 8. The van der Waals surface area contributed by atoms with Gasteiger partial charge in [-0.25, -0.2) is 29.6 Å². The lowest BCUT2D eigenvalue weighted by Gasteiger charge is -2.26. The van der Waals surface area contributed by atoms with Gasteiger partial charge in [0.05, 0.1) is 84.2 Å². The number of pyridine rings is 4. The molecule has 650 valence electrons. The summed E-state index contributed by atoms with van der Waals surface area (Å²) in [5, 5.41) is 40.3. The minimum atomic E-state index is -0.471. The van der Waals surface area contributed by atoms with Gasteiger partial charge in [0.2, 0.25) is 0 Å². The van der Waals surface area contributed by atoms with Crippen LogP contribution in [-0.4, -0.2) is 124 Å². The molecule has 1 aliphatic rings. The Labute approximate surface area is 777 Å². The first-order valence-electron chi connectivity index (χ1n) is 39.3. The van der Waals surface area contributed by atoms with Crippen molar-refractivity contribution in [2.75, 3.05) is 55.6 Å². The van der Waals surface area contributed by atoms with Crippen LogP contribution in [0.3, 0.4) is 0 Å². The first-order valence-corrected chi connectivity index (χ1v) is 42.3. The van der Waals surface area contributed by atoms with E-state index < -0.39 is 23.6 Å². The summed E-state index contributed by atoms with van der Waals surface area (Å²) < 4.78 is 5.44. The Morgan fingerprint density at radius 3 is 0.868 bits per heavy atom. The number of hydrogen-bond donors (Lipinski definition) is 8. The number of carbonyl (C=O) groups is 8. The number of halogens is 8. The van der Waals surface area contributed by atoms with Crippen molar-refractivity contribution >= 4 is 186 Å². The van der Waals surface area contributed by atoms with E-state index in [0.29, 0.717) is 128 Å². The van der Waals surface area contributed by atoms with Crippen molar-refractivity contribution < 1.29 is 38.4 Å². The molecule has 0 unspecified atom stereocenters. The van der Waals surface area contributed by atoms with E-state index in [4.69, 9.17) is 92.8 Å². The van der Waals surface area contributed by atoms with Crippen molar-refractivity contribution in [2.24, 2.45) is 0 Å². The molecule has 8 heterocycles. The molecule has 129 heavy (non-hydrogen) atoms. The van der Waals surface area contributed by atoms with Crippen LogP contribution >= 0.6 is 92.8 Å². The highest BCUT2D eigenvalue weighted by atomic mass is 35.5. The SMILES string of the molecule is O=C(Nc1ccc(Cl)cc1C(=O)Nc1ccc(Cl)cn1)c1ccc(CN2CCCCC2)cc1.O=C(Nc1ccc(Cl)cc1C(=O)Nc1ccc(Cl)cn1)c1ccc(Cn2ccnc2)cc1.O=C(Nc1ccc(Cl)cc1C(=O)Nc1ccc(Cl)cn1)c1ccc(Cn2ccnn2)cc1.O=C(Nc1ccc(Cl)cc1C(=O)Nc1ccc(Cl)cn1)c1ccc(Cn2cnnc2)cc1. The van der Waals surface area contributed by atoms with Gasteiger partial charge in [0.1, 0.15) is 35.9 Å². The van der Waals surface area contributed by atoms with E-state index >= 15 is 0 Å². The van der Waals surface area contributed by atoms with Gasteiger partial charge >= 0.3 is 0 Å². The topological polar surface area (TPSA) is 367 Å². The Morgan fingerprint density at radius 2 is 0.581 bits per heavy atom. The van der Waals surface area contributed by atoms with Crippen LogP contribution in [0.4, 0.5) is 46.0 Å². The molecule has 8 N–H and O–H groups in total. The van der Waals surface area contributed by atoms with Crippen molar-refractivity contribution in [3.63, 3.8) is 0 Å². The van der Waals surface area contributed by atoms with Crippen LogP contribution in [0.2, 0.25) is 40.2 Å². The van der Waals surface area contributed by atoms with Gasteiger partial charge in [-0.1, -0.05) is 153 Å². The van der Waals surface area contributed by atoms with Crippen molar-refractivity contribution in [3.05, 3.63) is 394 Å². The van der Waals surface area contributed by atoms with E-state index in [9.17, 15) is 38.4 Å². The molecular weight excluding hydrogens is 1810 g/mol. The van der Waals surface area contributed by atoms with Crippen LogP contribution in [0, 0.1) is 0 Å². The van der Waals surface area contributed by atoms with Crippen LogP contribution in [-0.2, 0) is 26.2 Å². The number of likely N-dealkylation sites (tertiary alicyclic amines) is 1. The highest BCUT2D eigenvalue weighted by Crippen LogP contribution is 2.30. The van der Waals surface area contributed by atoms with Gasteiger partial charge in [-0.05, 0) is 218 Å². The van der Waals surface area contributed by atoms with Gasteiger partial charge in [-0.3, -0.25) is 43.3 Å². The fraction of sp³-hybridized carbons (Fsp3) is 0.0978. The second kappa shape index (κ2) is 45.4. The van der Waals surface area contributed by atoms with E-state index in [1.165, 1.54) is 73.9 Å². The third-order valence-corrected chi connectivity index (χ3v) is 20.9. The zero-order valence-electron chi connectivity index (χ0n) is 67.6. The Balaban J connectivity index is 0.000000147. The molecule has 0 radical (unpaired) electrons. The Bertz CT molecular complexity index is 5940. The van der Waals surface area contributed by atoms with Gasteiger partial charge < -0.3 is 51.7 Å². The largest absolute Gasteiger partial charge is 0.333 e. The molecule has 0 atom stereocenters. The molecule has 0 bridgehead atoms. The van der Waals surface area contributed by atoms with E-state index in [1.54, 1.807) is 176 Å². The number of nitrogens with one attached hydrogen (secondary N) is 8. The minimum absolute atomic E-state index is 0.199. The van der Waals surface area contributed by atoms with Crippen molar-refractivity contribution in [3.8, 4) is 0 Å². The van der Waals surface area contributed by atoms with Gasteiger partial charge in [0, 0.05) is 105 Å². The molecular formula is C92H73Cl8N21O8. The number of aromatic nitrogens is 12. The van der Waals surface area contributed by atoms with Crippen LogP contribution < -0.4 is 42.5 Å². The van der Waals surface area contributed by atoms with Crippen LogP contribution in [0.1, 0.15) is 124 Å². The Hall–Kier alpha value is -14.1. The number of hydrogen-bond acceptors (Lipinski definition) is 18. The van der Waals surface area contributed by atoms with E-state index in [0.717, 1.165) is 36.3 Å². The smallest absolute Gasteiger partial charge is 0.258 e. The maximum atomic E-state index is 12.9. The van der Waals surface area contributed by atoms with Gasteiger partial charge in [0.15, 0.2) is 0 Å². The fourth-order valence-electron chi connectivity index (χ4n) is 12.6. The standard InChI is InChI=1S/C25H24Cl2N4O2.C23H17Cl2N5O2.2C22H16Cl2N6O2/c26-19-8-10-22(21(14-19)25(33)30-23-11-9-20(27)15-28-23)29-24(32)18-6-4-17(5-7-18)16-31-12-2-1-3-13-31;24-17-5-7-20(19(11-17)23(32)29-21-8-6-18(25)12-27-21)28-22(31)16-3-1-15(2-4-16)13-30-10-9-26-14-30;23-16-5-7-19(18(9-16)22(32)29-20-8-6-17(24)10-25-20)28-21(31)15-3-1-14(2-4-15)11-30-12-26-27-13-30;23-16-5-7-19(18(11-16)22(32)28-20-8-6-17(24)12-25-20)27-21(31)15-3-1-14(2-4-15)13-30-10-9-26-29-30/h4-11,14-15H,1-3,12-13,16H2,(H,29,32)(H,28,30,33);1-12,14H,13H2,(H,28,31)(H,27,29,32);1-10,12-13H,11H2,(H,28,31)(H,25,29,32);1-12H,13H2,(H,27,31)(H,25,28,32). The number of piperidine rings is 1. The summed E-state index contributed by atoms with van der Waals surface area (Å²) in [6, 6.07) is 60.4. The van der Waals surface area contributed by atoms with Crippen molar-refractivity contribution in [1.82, 2.24) is 64.1 Å². The molecule has 0 spiro atoms. The van der Waals surface area contributed by atoms with Crippen molar-refractivity contribution in [2.45, 2.75) is 45.4 Å². The molecule has 0 aliphatic carbocycles. The zero-order valence-corrected chi connectivity index (χ0v) is 73.7. The second-order valence-electron chi connectivity index (χ2n) is 28.4. The van der Waals surface area contributed by atoms with E-state index in [1.807, 2.05) is 76.0 Å². The Kier molecular flexibility index (Phi) is 32.5. The second-order valence-corrected chi connectivity index (χ2v) is 31.9. The maximum absolute atomic E-state index is 12.9. The average molecular weight is 1880 g/mol. The summed E-state index contributed by atoms with van der Waals surface area (Å²) in [7, 11) is 0. The number of rotatable bonds is 24. The maximum Gasteiger partial charge on any atom is 0.258 e. The molecule has 8 amide bonds. The predicted molar refractivity (Wildman–Crippen MR) is 501 cm³/mol. The van der Waals surface area contributed by atoms with Crippen LogP contribution in [0.25, 0.3) is 0 Å². The lowest BCUT2D eigenvalue weighted by molar-refractivity contribution is 0.101. The molecule has 7 aromatic heterocycles. The summed E-state index contributed by atoms with van der Waals surface area (Å²) >= 11 is 47.7. The normalized spacial score (nSPS) is 11.4. The minimum Gasteiger partial charge on any atom is -0.333 e. The first-order chi connectivity index (χ1) is 62.4. The molecule has 1 fully saturated rings. The molecule has 37 heteroatoms. The number of amides is 8. The van der Waals surface area contributed by atoms with Gasteiger partial charge in [-0.15, -0.1) is 15.3 Å². The molecule has 1 saturated heterocycles. The summed E-state index contributed by atoms with van der Waals surface area (Å²) in [5.41, 5.74) is 8.17. The molecule has 8 aromatic carbocycles. The molecule has 29 nitrogen and oxygen atoms in total. The third-order valence-electron chi connectivity index (χ3n) is 19.1. The molecule has 15 aromatic rings. The highest BCUT2D eigenvalue weighted by molar-refractivity contribution is 6.34. The van der Waals surface area contributed by atoms with Gasteiger partial charge in [0.25, 0.3) is 47.3 Å². The zero-order chi connectivity index (χ0) is 90.7. The van der Waals surface area contributed by atoms with E-state index in [2.05, 4.69) is 92.9 Å².